The number of aromatic hydroxyl groups is 1. The molecule has 7 aromatic rings. The van der Waals surface area contributed by atoms with E-state index in [1.807, 2.05) is 12.1 Å². The molecule has 0 saturated heterocycles. The third kappa shape index (κ3) is 10.4. The van der Waals surface area contributed by atoms with Crippen molar-refractivity contribution in [2.75, 3.05) is 13.7 Å². The van der Waals surface area contributed by atoms with Gasteiger partial charge in [-0.05, 0) is 69.6 Å². The Kier molecular flexibility index (Phi) is 15.9. The Morgan fingerprint density at radius 2 is 0.811 bits per heavy atom. The van der Waals surface area contributed by atoms with Gasteiger partial charge in [-0.25, -0.2) is 0 Å². The van der Waals surface area contributed by atoms with Gasteiger partial charge in [0.05, 0.1) is 33.5 Å². The second-order valence-electron chi connectivity index (χ2n) is 24.0. The molecule has 74 heavy (non-hydrogen) atoms. The van der Waals surface area contributed by atoms with Crippen molar-refractivity contribution in [2.45, 2.75) is 115 Å². The van der Waals surface area contributed by atoms with Gasteiger partial charge in [-0.15, -0.1) is 0 Å². The number of benzene rings is 7. The molecule has 0 amide bonds. The van der Waals surface area contributed by atoms with Crippen LogP contribution >= 0.6 is 0 Å². The van der Waals surface area contributed by atoms with Gasteiger partial charge in [0.1, 0.15) is 29.5 Å². The highest BCUT2D eigenvalue weighted by molar-refractivity contribution is 7.01. The van der Waals surface area contributed by atoms with Gasteiger partial charge >= 0.3 is 0 Å². The molecule has 0 bridgehead atoms. The molecule has 3 atom stereocenters. The Morgan fingerprint density at radius 1 is 0.473 bits per heavy atom. The van der Waals surface area contributed by atoms with Crippen LogP contribution < -0.4 is 41.0 Å². The summed E-state index contributed by atoms with van der Waals surface area (Å²) >= 11 is 0. The molecule has 8 rings (SSSR count). The van der Waals surface area contributed by atoms with Crippen molar-refractivity contribution in [2.24, 2.45) is 0 Å². The monoisotopic (exact) mass is 1050 g/mol. The molecular formula is C64H78O6Si4. The molecule has 0 aromatic heterocycles. The lowest BCUT2D eigenvalue weighted by Crippen LogP contribution is -2.73. The van der Waals surface area contributed by atoms with Crippen LogP contribution in [-0.4, -0.2) is 70.2 Å². The van der Waals surface area contributed by atoms with E-state index >= 15 is 0 Å². The van der Waals surface area contributed by atoms with E-state index in [1.165, 1.54) is 10.4 Å². The topological polar surface area (TPSA) is 66.4 Å². The molecule has 10 heteroatoms. The minimum absolute atomic E-state index is 0.122. The highest BCUT2D eigenvalue weighted by atomic mass is 28.4. The van der Waals surface area contributed by atoms with E-state index in [1.54, 1.807) is 7.11 Å². The Bertz CT molecular complexity index is 2850. The van der Waals surface area contributed by atoms with Gasteiger partial charge < -0.3 is 27.9 Å². The smallest absolute Gasteiger partial charge is 0.262 e. The minimum Gasteiger partial charge on any atom is -0.507 e. The molecular weight excluding hydrogens is 977 g/mol. The minimum atomic E-state index is -3.38. The van der Waals surface area contributed by atoms with E-state index in [2.05, 4.69) is 270 Å². The second kappa shape index (κ2) is 21.6. The summed E-state index contributed by atoms with van der Waals surface area (Å²) in [6.45, 7) is 27.8. The van der Waals surface area contributed by atoms with E-state index < -0.39 is 61.4 Å². The van der Waals surface area contributed by atoms with Crippen LogP contribution in [0.2, 0.25) is 34.8 Å². The average Bonchev–Trinajstić information content (AvgIpc) is 3.38. The van der Waals surface area contributed by atoms with E-state index in [9.17, 15) is 5.11 Å². The average molecular weight is 1060 g/mol. The first-order chi connectivity index (χ1) is 35.1. The number of phenols is 1. The van der Waals surface area contributed by atoms with E-state index in [4.69, 9.17) is 22.8 Å². The predicted molar refractivity (Wildman–Crippen MR) is 319 cm³/mol. The standard InChI is InChI=1S/C64H78O6Si4/c1-62(2,3)72(48-32-20-14-21-33-48,49-34-22-15-23-35-49)67-47-59-61(70-74(64(7,8)9,52-40-28-18-29-41-52)53-42-30-19-31-43-53)58(46-56(68-59)54-44-57(66-10)60(45-55(54)65)71(11,12)13)69-73(63(4,5)6,50-36-24-16-25-37-50)51-38-26-17-27-39-51/h14-46,58-59,61,65H,47H2,1-13H3/t58-,59-,61+/m1/s1. The normalized spacial score (nSPS) is 17.0. The second-order valence-corrected chi connectivity index (χ2v) is 41.8. The maximum absolute atomic E-state index is 12.4. The fourth-order valence-electron chi connectivity index (χ4n) is 11.5. The molecule has 386 valence electrons. The molecule has 1 N–H and O–H groups in total. The summed E-state index contributed by atoms with van der Waals surface area (Å²) in [5.41, 5.74) is 0.527. The predicted octanol–water partition coefficient (Wildman–Crippen LogP) is 11.2. The third-order valence-corrected chi connectivity index (χ3v) is 32.1. The Balaban J connectivity index is 1.47. The zero-order valence-electron chi connectivity index (χ0n) is 46.0. The van der Waals surface area contributed by atoms with Crippen LogP contribution in [0.5, 0.6) is 11.5 Å². The van der Waals surface area contributed by atoms with Crippen LogP contribution in [0, 0.1) is 0 Å². The van der Waals surface area contributed by atoms with Crippen molar-refractivity contribution in [3.63, 3.8) is 0 Å². The molecule has 7 aromatic carbocycles. The summed E-state index contributed by atoms with van der Waals surface area (Å²) in [6.07, 6.45) is -0.135. The number of methoxy groups -OCH3 is 1. The van der Waals surface area contributed by atoms with Gasteiger partial charge in [-0.1, -0.05) is 264 Å². The van der Waals surface area contributed by atoms with Crippen molar-refractivity contribution >= 4 is 75.1 Å². The van der Waals surface area contributed by atoms with Gasteiger partial charge in [-0.3, -0.25) is 0 Å². The number of ether oxygens (including phenoxy) is 2. The third-order valence-electron chi connectivity index (χ3n) is 15.0. The number of phenolic OH excluding ortho intramolecular Hbond substituents is 1. The van der Waals surface area contributed by atoms with E-state index in [-0.39, 0.29) is 17.4 Å². The molecule has 6 nitrogen and oxygen atoms in total. The summed E-state index contributed by atoms with van der Waals surface area (Å²) in [5, 5.41) is 19.2. The molecule has 1 aliphatic heterocycles. The van der Waals surface area contributed by atoms with Crippen LogP contribution in [-0.2, 0) is 18.0 Å². The quantitative estimate of drug-likeness (QED) is 0.0973. The first-order valence-corrected chi connectivity index (χ1v) is 35.4. The van der Waals surface area contributed by atoms with Crippen LogP contribution in [0.15, 0.2) is 200 Å². The van der Waals surface area contributed by atoms with Gasteiger partial charge in [0.2, 0.25) is 0 Å². The summed E-state index contributed by atoms with van der Waals surface area (Å²) in [7, 11) is -10.2. The van der Waals surface area contributed by atoms with Crippen molar-refractivity contribution < 1.29 is 27.9 Å². The van der Waals surface area contributed by atoms with Crippen LogP contribution in [0.25, 0.3) is 5.76 Å². The first-order valence-electron chi connectivity index (χ1n) is 26.2. The van der Waals surface area contributed by atoms with Crippen LogP contribution in [0.3, 0.4) is 0 Å². The van der Waals surface area contributed by atoms with Gasteiger partial charge in [-0.2, -0.15) is 0 Å². The Labute approximate surface area is 446 Å². The van der Waals surface area contributed by atoms with Crippen LogP contribution in [0.1, 0.15) is 67.9 Å². The molecule has 0 unspecified atom stereocenters. The van der Waals surface area contributed by atoms with Crippen LogP contribution in [0.4, 0.5) is 0 Å². The highest BCUT2D eigenvalue weighted by Gasteiger charge is 2.59. The van der Waals surface area contributed by atoms with E-state index in [0.29, 0.717) is 11.3 Å². The van der Waals surface area contributed by atoms with Crippen molar-refractivity contribution in [1.29, 1.82) is 0 Å². The Hall–Kier alpha value is -5.57. The van der Waals surface area contributed by atoms with Crippen molar-refractivity contribution in [3.05, 3.63) is 206 Å². The highest BCUT2D eigenvalue weighted by Crippen LogP contribution is 2.46. The van der Waals surface area contributed by atoms with Gasteiger partial charge in [0.15, 0.2) is 0 Å². The SMILES string of the molecule is COc1cc(C2=C[C@@H](O[Si](c3ccccc3)(c3ccccc3)C(C)(C)C)[C@H](O[Si](c3ccccc3)(c3ccccc3)C(C)(C)C)[C@@H](CO[Si](c3ccccc3)(c3ccccc3)C(C)(C)C)O2)c(O)cc1[Si](C)(C)C. The van der Waals surface area contributed by atoms with Gasteiger partial charge in [0, 0.05) is 0 Å². The fraction of sp³-hybridized carbons (Fsp3) is 0.312. The molecule has 1 aliphatic rings. The maximum Gasteiger partial charge on any atom is 0.262 e. The zero-order valence-corrected chi connectivity index (χ0v) is 50.0. The lowest BCUT2D eigenvalue weighted by atomic mass is 10.0. The summed E-state index contributed by atoms with van der Waals surface area (Å²) in [5.74, 6) is 1.33. The van der Waals surface area contributed by atoms with Crippen molar-refractivity contribution in [3.8, 4) is 11.5 Å². The molecule has 0 fully saturated rings. The molecule has 1 heterocycles. The molecule has 0 aliphatic carbocycles. The first kappa shape index (κ1) is 54.7. The summed E-state index contributed by atoms with van der Waals surface area (Å²) in [4.78, 5) is 0. The fourth-order valence-corrected chi connectivity index (χ4v) is 26.9. The number of hydrogen-bond donors (Lipinski definition) is 1. The number of hydrogen-bond acceptors (Lipinski definition) is 6. The lowest BCUT2D eigenvalue weighted by Gasteiger charge is -2.52. The zero-order chi connectivity index (χ0) is 53.2. The molecule has 0 saturated carbocycles. The lowest BCUT2D eigenvalue weighted by molar-refractivity contribution is -0.0563. The molecule has 0 spiro atoms. The molecule has 0 radical (unpaired) electrons. The maximum atomic E-state index is 12.4. The Morgan fingerprint density at radius 3 is 1.14 bits per heavy atom. The van der Waals surface area contributed by atoms with Crippen molar-refractivity contribution in [1.82, 2.24) is 0 Å². The van der Waals surface area contributed by atoms with Gasteiger partial charge in [0.25, 0.3) is 25.0 Å². The summed E-state index contributed by atoms with van der Waals surface area (Å²) in [6, 6.07) is 68.7. The number of rotatable bonds is 16. The summed E-state index contributed by atoms with van der Waals surface area (Å²) < 4.78 is 38.7. The largest absolute Gasteiger partial charge is 0.507 e. The van der Waals surface area contributed by atoms with E-state index in [0.717, 1.165) is 31.7 Å².